The van der Waals surface area contributed by atoms with E-state index in [0.29, 0.717) is 30.9 Å². The number of nitrogens with zero attached hydrogens (tertiary/aromatic N) is 3. The first-order chi connectivity index (χ1) is 15.9. The number of hydrogen-bond acceptors (Lipinski definition) is 4. The molecule has 1 N–H and O–H groups in total. The molecule has 0 radical (unpaired) electrons. The molecule has 4 rings (SSSR count). The molecule has 2 aromatic carbocycles. The summed E-state index contributed by atoms with van der Waals surface area (Å²) < 4.78 is 0. The highest BCUT2D eigenvalue weighted by atomic mass is 16.2. The maximum atomic E-state index is 12.9. The van der Waals surface area contributed by atoms with Gasteiger partial charge >= 0.3 is 0 Å². The monoisotopic (exact) mass is 448 g/mol. The van der Waals surface area contributed by atoms with E-state index in [4.69, 9.17) is 0 Å². The van der Waals surface area contributed by atoms with E-state index in [0.717, 1.165) is 19.6 Å². The van der Waals surface area contributed by atoms with Gasteiger partial charge in [0, 0.05) is 63.0 Å². The van der Waals surface area contributed by atoms with Gasteiger partial charge in [-0.05, 0) is 43.7 Å². The Balaban J connectivity index is 1.27. The summed E-state index contributed by atoms with van der Waals surface area (Å²) in [6.07, 6.45) is 0.247. The Labute approximate surface area is 195 Å². The highest BCUT2D eigenvalue weighted by Gasteiger charge is 2.35. The molecule has 7 nitrogen and oxygen atoms in total. The molecule has 2 aliphatic heterocycles. The Morgan fingerprint density at radius 2 is 1.64 bits per heavy atom. The summed E-state index contributed by atoms with van der Waals surface area (Å²) in [5.74, 6) is -0.454. The molecule has 0 spiro atoms. The number of amides is 3. The maximum Gasteiger partial charge on any atom is 0.253 e. The van der Waals surface area contributed by atoms with Gasteiger partial charge in [-0.15, -0.1) is 0 Å². The quantitative estimate of drug-likeness (QED) is 0.738. The molecule has 7 heteroatoms. The average molecular weight is 449 g/mol. The normalized spacial score (nSPS) is 19.2. The lowest BCUT2D eigenvalue weighted by molar-refractivity contribution is -0.129. The summed E-state index contributed by atoms with van der Waals surface area (Å²) in [6, 6.07) is 17.5. The van der Waals surface area contributed by atoms with Crippen molar-refractivity contribution in [2.45, 2.75) is 32.9 Å². The Morgan fingerprint density at radius 1 is 0.970 bits per heavy atom. The van der Waals surface area contributed by atoms with E-state index in [1.165, 1.54) is 5.56 Å². The number of piperazine rings is 1. The minimum absolute atomic E-state index is 0.0150. The molecule has 0 aromatic heterocycles. The topological polar surface area (TPSA) is 73.0 Å². The van der Waals surface area contributed by atoms with E-state index >= 15 is 0 Å². The van der Waals surface area contributed by atoms with Gasteiger partial charge in [0.05, 0.1) is 5.92 Å². The Bertz CT molecular complexity index is 982. The van der Waals surface area contributed by atoms with E-state index in [1.807, 2.05) is 24.8 Å². The zero-order chi connectivity index (χ0) is 23.4. The molecule has 2 saturated heterocycles. The van der Waals surface area contributed by atoms with Crippen molar-refractivity contribution < 1.29 is 14.4 Å². The molecule has 0 aliphatic carbocycles. The summed E-state index contributed by atoms with van der Waals surface area (Å²) in [6.45, 7) is 8.37. The zero-order valence-corrected chi connectivity index (χ0v) is 19.4. The van der Waals surface area contributed by atoms with Gasteiger partial charge in [0.25, 0.3) is 5.91 Å². The van der Waals surface area contributed by atoms with Crippen LogP contribution in [0, 0.1) is 5.92 Å². The Morgan fingerprint density at radius 3 is 2.24 bits per heavy atom. The molecular weight excluding hydrogens is 416 g/mol. The number of carbonyl (C=O) groups excluding carboxylic acids is 3. The summed E-state index contributed by atoms with van der Waals surface area (Å²) in [5.41, 5.74) is 2.54. The van der Waals surface area contributed by atoms with Crippen LogP contribution in [0.5, 0.6) is 0 Å². The Hall–Kier alpha value is -3.19. The first kappa shape index (κ1) is 23.0. The van der Waals surface area contributed by atoms with Gasteiger partial charge in [-0.1, -0.05) is 30.3 Å². The lowest BCUT2D eigenvalue weighted by atomic mass is 10.1. The molecule has 33 heavy (non-hydrogen) atoms. The van der Waals surface area contributed by atoms with Crippen LogP contribution in [0.1, 0.15) is 36.2 Å². The van der Waals surface area contributed by atoms with Crippen LogP contribution in [0.25, 0.3) is 0 Å². The van der Waals surface area contributed by atoms with Crippen molar-refractivity contribution in [1.29, 1.82) is 0 Å². The smallest absolute Gasteiger partial charge is 0.253 e. The van der Waals surface area contributed by atoms with Gasteiger partial charge in [0.2, 0.25) is 11.8 Å². The molecule has 3 amide bonds. The van der Waals surface area contributed by atoms with Gasteiger partial charge in [0.15, 0.2) is 0 Å². The number of carbonyl (C=O) groups is 3. The van der Waals surface area contributed by atoms with Crippen molar-refractivity contribution in [2.24, 2.45) is 5.92 Å². The third-order valence-electron chi connectivity index (χ3n) is 6.46. The minimum Gasteiger partial charge on any atom is -0.339 e. The van der Waals surface area contributed by atoms with Crippen LogP contribution in [-0.2, 0) is 16.1 Å². The van der Waals surface area contributed by atoms with Crippen LogP contribution in [0.3, 0.4) is 0 Å². The molecule has 1 unspecified atom stereocenters. The summed E-state index contributed by atoms with van der Waals surface area (Å²) in [4.78, 5) is 43.6. The molecule has 2 fully saturated rings. The standard InChI is InChI=1S/C26H32N4O3/c1-19(2)30-18-22(16-24(30)31)25(32)27-23-10-8-21(9-11-23)26(33)29-14-12-28(13-15-29)17-20-6-4-3-5-7-20/h3-11,19,22H,12-18H2,1-2H3,(H,27,32). The fourth-order valence-corrected chi connectivity index (χ4v) is 4.48. The number of hydrogen-bond donors (Lipinski definition) is 1. The second kappa shape index (κ2) is 10.2. The molecule has 0 saturated carbocycles. The number of rotatable bonds is 6. The van der Waals surface area contributed by atoms with Crippen LogP contribution in [-0.4, -0.2) is 71.2 Å². The van der Waals surface area contributed by atoms with Crippen molar-refractivity contribution in [3.63, 3.8) is 0 Å². The van der Waals surface area contributed by atoms with Crippen LogP contribution >= 0.6 is 0 Å². The lowest BCUT2D eigenvalue weighted by Crippen LogP contribution is -2.48. The van der Waals surface area contributed by atoms with Crippen molar-refractivity contribution in [3.05, 3.63) is 65.7 Å². The van der Waals surface area contributed by atoms with E-state index in [2.05, 4.69) is 34.5 Å². The molecule has 174 valence electrons. The van der Waals surface area contributed by atoms with Gasteiger partial charge in [-0.3, -0.25) is 19.3 Å². The van der Waals surface area contributed by atoms with Crippen LogP contribution in [0.4, 0.5) is 5.69 Å². The molecule has 1 atom stereocenters. The fourth-order valence-electron chi connectivity index (χ4n) is 4.48. The van der Waals surface area contributed by atoms with Gasteiger partial charge < -0.3 is 15.1 Å². The molecule has 0 bridgehead atoms. The van der Waals surface area contributed by atoms with Crippen molar-refractivity contribution in [2.75, 3.05) is 38.0 Å². The third kappa shape index (κ3) is 5.60. The van der Waals surface area contributed by atoms with Gasteiger partial charge in [-0.2, -0.15) is 0 Å². The maximum absolute atomic E-state index is 12.9. The average Bonchev–Trinajstić information content (AvgIpc) is 3.22. The summed E-state index contributed by atoms with van der Waals surface area (Å²) >= 11 is 0. The molecule has 2 aromatic rings. The lowest BCUT2D eigenvalue weighted by Gasteiger charge is -2.34. The fraction of sp³-hybridized carbons (Fsp3) is 0.423. The molecule has 2 aliphatic rings. The predicted molar refractivity (Wildman–Crippen MR) is 128 cm³/mol. The van der Waals surface area contributed by atoms with Crippen molar-refractivity contribution >= 4 is 23.4 Å². The highest BCUT2D eigenvalue weighted by Crippen LogP contribution is 2.22. The second-order valence-electron chi connectivity index (χ2n) is 9.16. The number of likely N-dealkylation sites (tertiary alicyclic amines) is 1. The number of nitrogens with one attached hydrogen (secondary N) is 1. The summed E-state index contributed by atoms with van der Waals surface area (Å²) in [5, 5.41) is 2.89. The number of benzene rings is 2. The van der Waals surface area contributed by atoms with Crippen molar-refractivity contribution in [3.8, 4) is 0 Å². The molecular formula is C26H32N4O3. The van der Waals surface area contributed by atoms with Crippen LogP contribution in [0.2, 0.25) is 0 Å². The first-order valence-corrected chi connectivity index (χ1v) is 11.7. The predicted octanol–water partition coefficient (Wildman–Crippen LogP) is 2.84. The largest absolute Gasteiger partial charge is 0.339 e. The van der Waals surface area contributed by atoms with Crippen LogP contribution in [0.15, 0.2) is 54.6 Å². The van der Waals surface area contributed by atoms with Gasteiger partial charge in [0.1, 0.15) is 0 Å². The van der Waals surface area contributed by atoms with E-state index < -0.39 is 0 Å². The minimum atomic E-state index is -0.339. The zero-order valence-electron chi connectivity index (χ0n) is 19.4. The SMILES string of the molecule is CC(C)N1CC(C(=O)Nc2ccc(C(=O)N3CCN(Cc4ccccc4)CC3)cc2)CC1=O. The van der Waals surface area contributed by atoms with Gasteiger partial charge in [-0.25, -0.2) is 0 Å². The number of anilines is 1. The molecule has 2 heterocycles. The third-order valence-corrected chi connectivity index (χ3v) is 6.46. The van der Waals surface area contributed by atoms with E-state index in [1.54, 1.807) is 29.2 Å². The highest BCUT2D eigenvalue weighted by molar-refractivity contribution is 5.98. The van der Waals surface area contributed by atoms with E-state index in [-0.39, 0.29) is 36.1 Å². The van der Waals surface area contributed by atoms with Crippen molar-refractivity contribution in [1.82, 2.24) is 14.7 Å². The summed E-state index contributed by atoms with van der Waals surface area (Å²) in [7, 11) is 0. The second-order valence-corrected chi connectivity index (χ2v) is 9.16. The Kier molecular flexibility index (Phi) is 7.08. The first-order valence-electron chi connectivity index (χ1n) is 11.7. The van der Waals surface area contributed by atoms with Crippen LogP contribution < -0.4 is 5.32 Å². The van der Waals surface area contributed by atoms with E-state index in [9.17, 15) is 14.4 Å².